The van der Waals surface area contributed by atoms with Crippen LogP contribution in [-0.4, -0.2) is 30.5 Å². The van der Waals surface area contributed by atoms with Crippen LogP contribution in [-0.2, 0) is 44.9 Å². The normalized spacial score (nSPS) is 14.2. The van der Waals surface area contributed by atoms with E-state index in [0.29, 0.717) is 31.0 Å². The molecule has 0 aliphatic carbocycles. The van der Waals surface area contributed by atoms with Gasteiger partial charge in [0, 0.05) is 6.54 Å². The number of carbonyl (C=O) groups excluding carboxylic acids is 1. The van der Waals surface area contributed by atoms with E-state index in [1.54, 1.807) is 13.3 Å². The molecule has 1 aliphatic rings. The zero-order chi connectivity index (χ0) is 18.0. The molecule has 1 amide bonds. The van der Waals surface area contributed by atoms with Gasteiger partial charge in [0.2, 0.25) is 15.9 Å². The van der Waals surface area contributed by atoms with Gasteiger partial charge in [-0.25, -0.2) is 17.8 Å². The van der Waals surface area contributed by atoms with Crippen LogP contribution in [0.15, 0.2) is 24.5 Å². The number of ether oxygens (including phenoxy) is 1. The first kappa shape index (κ1) is 17.6. The maximum absolute atomic E-state index is 13.5. The van der Waals surface area contributed by atoms with E-state index in [-0.39, 0.29) is 12.0 Å². The van der Waals surface area contributed by atoms with Crippen LogP contribution in [0.3, 0.4) is 0 Å². The number of aryl methyl sites for hydroxylation is 1. The van der Waals surface area contributed by atoms with E-state index in [2.05, 4.69) is 4.98 Å². The lowest BCUT2D eigenvalue weighted by Crippen LogP contribution is -2.33. The van der Waals surface area contributed by atoms with Crippen molar-refractivity contribution in [3.63, 3.8) is 0 Å². The smallest absolute Gasteiger partial charge is 0.239 e. The molecule has 2 heterocycles. The van der Waals surface area contributed by atoms with Crippen molar-refractivity contribution in [1.29, 1.82) is 0 Å². The number of halogens is 1. The number of hydrogen-bond donors (Lipinski definition) is 1. The predicted molar refractivity (Wildman–Crippen MR) is 87.5 cm³/mol. The third-order valence-corrected chi connectivity index (χ3v) is 5.19. The highest BCUT2D eigenvalue weighted by atomic mass is 32.2. The van der Waals surface area contributed by atoms with Crippen molar-refractivity contribution in [3.05, 3.63) is 52.9 Å². The fraction of sp³-hybridized carbons (Fsp3) is 0.375. The van der Waals surface area contributed by atoms with Crippen LogP contribution < -0.4 is 4.72 Å². The molecule has 7 nitrogen and oxygen atoms in total. The molecule has 1 aromatic heterocycles. The quantitative estimate of drug-likeness (QED) is 0.853. The Morgan fingerprint density at radius 2 is 2.24 bits per heavy atom. The molecule has 0 spiro atoms. The molecule has 0 unspecified atom stereocenters. The van der Waals surface area contributed by atoms with E-state index in [1.807, 2.05) is 9.29 Å². The minimum atomic E-state index is -3.92. The zero-order valence-electron chi connectivity index (χ0n) is 13.7. The summed E-state index contributed by atoms with van der Waals surface area (Å²) in [5, 5.41) is 0. The summed E-state index contributed by atoms with van der Waals surface area (Å²) in [7, 11) is -3.92. The molecule has 25 heavy (non-hydrogen) atoms. The second-order valence-corrected chi connectivity index (χ2v) is 7.65. The van der Waals surface area contributed by atoms with Gasteiger partial charge in [-0.05, 0) is 24.1 Å². The maximum atomic E-state index is 13.5. The fourth-order valence-electron chi connectivity index (χ4n) is 2.63. The standard InChI is InChI=1S/C16H18FN3O4S/c1-11-2-3-12(6-13(11)17)9-25(22,23)19-16(21)7-14-15-8-24-5-4-20(15)10-18-14/h2-3,6,10H,4-5,7-9H2,1H3,(H,19,21). The first-order valence-corrected chi connectivity index (χ1v) is 9.38. The molecule has 3 rings (SSSR count). The lowest BCUT2D eigenvalue weighted by atomic mass is 10.2. The number of fused-ring (bicyclic) bond motifs is 1. The van der Waals surface area contributed by atoms with Gasteiger partial charge in [0.15, 0.2) is 0 Å². The fourth-order valence-corrected chi connectivity index (χ4v) is 3.74. The summed E-state index contributed by atoms with van der Waals surface area (Å²) in [5.41, 5.74) is 1.97. The SMILES string of the molecule is Cc1ccc(CS(=O)(=O)NC(=O)Cc2ncn3c2COCC3)cc1F. The molecule has 0 atom stereocenters. The highest BCUT2D eigenvalue weighted by Gasteiger charge is 2.21. The summed E-state index contributed by atoms with van der Waals surface area (Å²) < 4.78 is 47.0. The van der Waals surface area contributed by atoms with Crippen molar-refractivity contribution in [1.82, 2.24) is 14.3 Å². The molecule has 9 heteroatoms. The van der Waals surface area contributed by atoms with Crippen molar-refractivity contribution in [2.24, 2.45) is 0 Å². The number of sulfonamides is 1. The van der Waals surface area contributed by atoms with Gasteiger partial charge in [0.05, 0.1) is 43.1 Å². The predicted octanol–water partition coefficient (Wildman–Crippen LogP) is 1.05. The van der Waals surface area contributed by atoms with Crippen molar-refractivity contribution in [2.45, 2.75) is 32.2 Å². The third kappa shape index (κ3) is 4.23. The number of imidazole rings is 1. The lowest BCUT2D eigenvalue weighted by Gasteiger charge is -2.15. The van der Waals surface area contributed by atoms with Crippen LogP contribution in [0.5, 0.6) is 0 Å². The number of rotatable bonds is 5. The number of nitrogens with zero attached hydrogens (tertiary/aromatic N) is 2. The Morgan fingerprint density at radius 3 is 3.00 bits per heavy atom. The molecule has 0 radical (unpaired) electrons. The van der Waals surface area contributed by atoms with E-state index < -0.39 is 27.5 Å². The summed E-state index contributed by atoms with van der Waals surface area (Å²) in [6, 6.07) is 4.17. The van der Waals surface area contributed by atoms with Gasteiger partial charge in [0.25, 0.3) is 0 Å². The number of benzene rings is 1. The number of nitrogens with one attached hydrogen (secondary N) is 1. The molecular weight excluding hydrogens is 349 g/mol. The van der Waals surface area contributed by atoms with E-state index in [9.17, 15) is 17.6 Å². The molecule has 134 valence electrons. The minimum Gasteiger partial charge on any atom is -0.373 e. The summed E-state index contributed by atoms with van der Waals surface area (Å²) in [6.07, 6.45) is 1.46. The van der Waals surface area contributed by atoms with Gasteiger partial charge in [-0.15, -0.1) is 0 Å². The molecule has 0 saturated carbocycles. The second kappa shape index (κ2) is 6.93. The highest BCUT2D eigenvalue weighted by molar-refractivity contribution is 7.89. The lowest BCUT2D eigenvalue weighted by molar-refractivity contribution is -0.118. The van der Waals surface area contributed by atoms with Crippen LogP contribution >= 0.6 is 0 Å². The molecule has 2 aromatic rings. The molecule has 1 aromatic carbocycles. The topological polar surface area (TPSA) is 90.3 Å². The molecular formula is C16H18FN3O4S. The van der Waals surface area contributed by atoms with Crippen LogP contribution in [0.25, 0.3) is 0 Å². The Hall–Kier alpha value is -2.26. The van der Waals surface area contributed by atoms with Gasteiger partial charge in [-0.1, -0.05) is 12.1 Å². The first-order chi connectivity index (χ1) is 11.8. The second-order valence-electron chi connectivity index (χ2n) is 5.93. The average Bonchev–Trinajstić information content (AvgIpc) is 2.93. The first-order valence-electron chi connectivity index (χ1n) is 7.73. The Bertz CT molecular complexity index is 908. The van der Waals surface area contributed by atoms with E-state index in [4.69, 9.17) is 4.74 Å². The Morgan fingerprint density at radius 1 is 1.44 bits per heavy atom. The monoisotopic (exact) mass is 367 g/mol. The number of aromatic nitrogens is 2. The number of amides is 1. The van der Waals surface area contributed by atoms with Crippen LogP contribution in [0.1, 0.15) is 22.5 Å². The minimum absolute atomic E-state index is 0.160. The van der Waals surface area contributed by atoms with Crippen LogP contribution in [0.2, 0.25) is 0 Å². The van der Waals surface area contributed by atoms with E-state index >= 15 is 0 Å². The van der Waals surface area contributed by atoms with Gasteiger partial charge in [-0.3, -0.25) is 9.52 Å². The van der Waals surface area contributed by atoms with Crippen molar-refractivity contribution in [3.8, 4) is 0 Å². The molecule has 0 bridgehead atoms. The van der Waals surface area contributed by atoms with Gasteiger partial charge < -0.3 is 9.30 Å². The van der Waals surface area contributed by atoms with Crippen LogP contribution in [0.4, 0.5) is 4.39 Å². The van der Waals surface area contributed by atoms with Gasteiger partial charge in [0.1, 0.15) is 5.82 Å². The summed E-state index contributed by atoms with van der Waals surface area (Å²) in [6.45, 7) is 3.17. The molecule has 1 N–H and O–H groups in total. The Labute approximate surface area is 144 Å². The van der Waals surface area contributed by atoms with E-state index in [0.717, 1.165) is 11.8 Å². The van der Waals surface area contributed by atoms with Crippen molar-refractivity contribution >= 4 is 15.9 Å². The summed E-state index contributed by atoms with van der Waals surface area (Å²) in [4.78, 5) is 16.2. The third-order valence-electron chi connectivity index (χ3n) is 3.94. The number of carbonyl (C=O) groups is 1. The average molecular weight is 367 g/mol. The molecule has 0 fully saturated rings. The Kier molecular flexibility index (Phi) is 4.87. The summed E-state index contributed by atoms with van der Waals surface area (Å²) in [5.74, 6) is -1.64. The number of hydrogen-bond acceptors (Lipinski definition) is 5. The van der Waals surface area contributed by atoms with Gasteiger partial charge >= 0.3 is 0 Å². The maximum Gasteiger partial charge on any atom is 0.239 e. The molecule has 1 aliphatic heterocycles. The van der Waals surface area contributed by atoms with Crippen molar-refractivity contribution < 1.29 is 22.3 Å². The summed E-state index contributed by atoms with van der Waals surface area (Å²) >= 11 is 0. The molecule has 0 saturated heterocycles. The zero-order valence-corrected chi connectivity index (χ0v) is 14.5. The largest absolute Gasteiger partial charge is 0.373 e. The highest BCUT2D eigenvalue weighted by Crippen LogP contribution is 2.15. The van der Waals surface area contributed by atoms with Crippen LogP contribution in [0, 0.1) is 12.7 Å². The van der Waals surface area contributed by atoms with Crippen molar-refractivity contribution in [2.75, 3.05) is 6.61 Å². The van der Waals surface area contributed by atoms with Gasteiger partial charge in [-0.2, -0.15) is 0 Å². The van der Waals surface area contributed by atoms with E-state index in [1.165, 1.54) is 12.1 Å². The Balaban J connectivity index is 1.65.